The molecule has 0 unspecified atom stereocenters. The van der Waals surface area contributed by atoms with E-state index in [2.05, 4.69) is 28.2 Å². The van der Waals surface area contributed by atoms with Crippen LogP contribution in [-0.4, -0.2) is 18.1 Å². The fourth-order valence-electron chi connectivity index (χ4n) is 2.37. The van der Waals surface area contributed by atoms with E-state index in [0.29, 0.717) is 24.7 Å². The first-order valence-electron chi connectivity index (χ1n) is 8.57. The van der Waals surface area contributed by atoms with E-state index in [1.165, 1.54) is 12.1 Å². The van der Waals surface area contributed by atoms with Crippen LogP contribution in [-0.2, 0) is 13.2 Å². The first-order valence-corrected chi connectivity index (χ1v) is 9.36. The molecule has 0 aliphatic heterocycles. The summed E-state index contributed by atoms with van der Waals surface area (Å²) in [4.78, 5) is 10.3. The van der Waals surface area contributed by atoms with Crippen molar-refractivity contribution in [3.8, 4) is 11.5 Å². The molecule has 1 N–H and O–H groups in total. The Balaban J connectivity index is 2.11. The average Bonchev–Trinajstić information content (AvgIpc) is 2.63. The Morgan fingerprint density at radius 2 is 1.81 bits per heavy atom. The van der Waals surface area contributed by atoms with E-state index >= 15 is 0 Å². The third kappa shape index (κ3) is 5.71. The minimum atomic E-state index is -0.416. The minimum absolute atomic E-state index is 0.0652. The van der Waals surface area contributed by atoms with Crippen molar-refractivity contribution in [2.24, 2.45) is 0 Å². The van der Waals surface area contributed by atoms with Gasteiger partial charge in [-0.25, -0.2) is 0 Å². The van der Waals surface area contributed by atoms with E-state index in [1.54, 1.807) is 12.1 Å². The molecule has 7 heteroatoms. The molecule has 0 amide bonds. The van der Waals surface area contributed by atoms with Gasteiger partial charge in [0.2, 0.25) is 0 Å². The third-order valence-electron chi connectivity index (χ3n) is 3.70. The van der Waals surface area contributed by atoms with Gasteiger partial charge in [0.05, 0.1) is 11.5 Å². The molecule has 0 aromatic heterocycles. The van der Waals surface area contributed by atoms with Crippen LogP contribution in [0.2, 0.25) is 0 Å². The van der Waals surface area contributed by atoms with Gasteiger partial charge in [0, 0.05) is 23.2 Å². The van der Waals surface area contributed by atoms with Gasteiger partial charge >= 0.3 is 0 Å². The fraction of sp³-hybridized carbons (Fsp3) is 0.368. The summed E-state index contributed by atoms with van der Waals surface area (Å²) < 4.78 is 12.6. The molecule has 0 saturated carbocycles. The predicted octanol–water partition coefficient (Wildman–Crippen LogP) is 4.83. The largest absolute Gasteiger partial charge is 0.490 e. The van der Waals surface area contributed by atoms with Gasteiger partial charge in [0.15, 0.2) is 11.5 Å². The zero-order valence-corrected chi connectivity index (χ0v) is 16.5. The highest BCUT2D eigenvalue weighted by Crippen LogP contribution is 2.34. The van der Waals surface area contributed by atoms with E-state index in [4.69, 9.17) is 9.47 Å². The zero-order valence-electron chi connectivity index (χ0n) is 15.0. The van der Waals surface area contributed by atoms with Gasteiger partial charge in [0.1, 0.15) is 6.61 Å². The van der Waals surface area contributed by atoms with Crippen LogP contribution >= 0.6 is 15.9 Å². The predicted molar refractivity (Wildman–Crippen MR) is 105 cm³/mol. The second-order valence-corrected chi connectivity index (χ2v) is 6.57. The quantitative estimate of drug-likeness (QED) is 0.337. The molecule has 0 aliphatic rings. The smallest absolute Gasteiger partial charge is 0.269 e. The van der Waals surface area contributed by atoms with Crippen molar-refractivity contribution in [2.75, 3.05) is 13.2 Å². The lowest BCUT2D eigenvalue weighted by Crippen LogP contribution is -2.14. The highest BCUT2D eigenvalue weighted by Gasteiger charge is 2.12. The Hall–Kier alpha value is -2.12. The van der Waals surface area contributed by atoms with E-state index < -0.39 is 4.92 Å². The molecule has 2 aromatic rings. The van der Waals surface area contributed by atoms with Crippen molar-refractivity contribution < 1.29 is 14.4 Å². The number of non-ortho nitro benzene ring substituents is 1. The number of nitrogens with one attached hydrogen (secondary N) is 1. The molecule has 140 valence electrons. The van der Waals surface area contributed by atoms with Crippen LogP contribution in [0.15, 0.2) is 40.9 Å². The van der Waals surface area contributed by atoms with Gasteiger partial charge in [0.25, 0.3) is 5.69 Å². The van der Waals surface area contributed by atoms with Crippen molar-refractivity contribution >= 4 is 21.6 Å². The molecule has 2 rings (SSSR count). The van der Waals surface area contributed by atoms with Crippen molar-refractivity contribution in [1.82, 2.24) is 5.32 Å². The Labute approximate surface area is 161 Å². The zero-order chi connectivity index (χ0) is 18.9. The van der Waals surface area contributed by atoms with Crippen LogP contribution in [0.4, 0.5) is 5.69 Å². The maximum atomic E-state index is 10.7. The second-order valence-electron chi connectivity index (χ2n) is 5.71. The molecule has 26 heavy (non-hydrogen) atoms. The Bertz CT molecular complexity index is 735. The number of nitro benzene ring substituents is 1. The number of halogens is 1. The lowest BCUT2D eigenvalue weighted by molar-refractivity contribution is -0.384. The van der Waals surface area contributed by atoms with E-state index in [1.807, 2.05) is 19.1 Å². The van der Waals surface area contributed by atoms with Crippen LogP contribution in [0.25, 0.3) is 0 Å². The summed E-state index contributed by atoms with van der Waals surface area (Å²) in [7, 11) is 0. The topological polar surface area (TPSA) is 73.6 Å². The van der Waals surface area contributed by atoms with E-state index in [9.17, 15) is 10.1 Å². The van der Waals surface area contributed by atoms with Gasteiger partial charge in [-0.15, -0.1) is 0 Å². The van der Waals surface area contributed by atoms with Crippen molar-refractivity contribution in [1.29, 1.82) is 0 Å². The summed E-state index contributed by atoms with van der Waals surface area (Å²) in [5.41, 5.74) is 2.02. The van der Waals surface area contributed by atoms with Gasteiger partial charge in [-0.05, 0) is 55.3 Å². The van der Waals surface area contributed by atoms with Crippen molar-refractivity contribution in [2.45, 2.75) is 33.4 Å². The molecule has 2 aromatic carbocycles. The normalized spacial score (nSPS) is 10.6. The summed E-state index contributed by atoms with van der Waals surface area (Å²) in [6.45, 7) is 6.60. The average molecular weight is 423 g/mol. The van der Waals surface area contributed by atoms with Crippen LogP contribution < -0.4 is 14.8 Å². The summed E-state index contributed by atoms with van der Waals surface area (Å²) >= 11 is 3.59. The first-order chi connectivity index (χ1) is 12.5. The Kier molecular flexibility index (Phi) is 7.87. The Morgan fingerprint density at radius 3 is 2.42 bits per heavy atom. The lowest BCUT2D eigenvalue weighted by atomic mass is 10.2. The third-order valence-corrected chi connectivity index (χ3v) is 4.43. The standard InChI is InChI=1S/C19H23BrN2O4/c1-3-9-21-12-15-10-18(25-4-2)19(11-17(15)20)26-13-14-5-7-16(8-6-14)22(23)24/h5-8,10-11,21H,3-4,9,12-13H2,1-2H3. The first kappa shape index (κ1) is 20.2. The monoisotopic (exact) mass is 422 g/mol. The number of hydrogen-bond donors (Lipinski definition) is 1. The molecule has 0 fully saturated rings. The van der Waals surface area contributed by atoms with Crippen LogP contribution in [0.1, 0.15) is 31.4 Å². The van der Waals surface area contributed by atoms with E-state index in [-0.39, 0.29) is 5.69 Å². The number of rotatable bonds is 10. The highest BCUT2D eigenvalue weighted by molar-refractivity contribution is 9.10. The van der Waals surface area contributed by atoms with Crippen molar-refractivity contribution in [3.63, 3.8) is 0 Å². The number of nitro groups is 1. The van der Waals surface area contributed by atoms with Crippen LogP contribution in [0.5, 0.6) is 11.5 Å². The van der Waals surface area contributed by atoms with Crippen molar-refractivity contribution in [3.05, 3.63) is 62.1 Å². The second kappa shape index (κ2) is 10.1. The van der Waals surface area contributed by atoms with Crippen LogP contribution in [0.3, 0.4) is 0 Å². The lowest BCUT2D eigenvalue weighted by Gasteiger charge is -2.15. The molecule has 0 radical (unpaired) electrons. The number of benzene rings is 2. The molecule has 0 heterocycles. The summed E-state index contributed by atoms with van der Waals surface area (Å²) in [6.07, 6.45) is 1.08. The molecule has 0 aliphatic carbocycles. The summed E-state index contributed by atoms with van der Waals surface area (Å²) in [6, 6.07) is 10.2. The molecule has 0 atom stereocenters. The number of nitrogens with zero attached hydrogens (tertiary/aromatic N) is 1. The van der Waals surface area contributed by atoms with Gasteiger partial charge < -0.3 is 14.8 Å². The van der Waals surface area contributed by atoms with Gasteiger partial charge in [-0.1, -0.05) is 22.9 Å². The highest BCUT2D eigenvalue weighted by atomic mass is 79.9. The fourth-order valence-corrected chi connectivity index (χ4v) is 2.83. The van der Waals surface area contributed by atoms with Gasteiger partial charge in [-0.3, -0.25) is 10.1 Å². The number of hydrogen-bond acceptors (Lipinski definition) is 5. The molecule has 0 bridgehead atoms. The maximum Gasteiger partial charge on any atom is 0.269 e. The molecule has 0 saturated heterocycles. The SMILES string of the molecule is CCCNCc1cc(OCC)c(OCc2ccc([N+](=O)[O-])cc2)cc1Br. The molecular formula is C19H23BrN2O4. The molecule has 0 spiro atoms. The minimum Gasteiger partial charge on any atom is -0.490 e. The van der Waals surface area contributed by atoms with Crippen LogP contribution in [0, 0.1) is 10.1 Å². The van der Waals surface area contributed by atoms with Gasteiger partial charge in [-0.2, -0.15) is 0 Å². The maximum absolute atomic E-state index is 10.7. The number of ether oxygens (including phenoxy) is 2. The molecule has 6 nitrogen and oxygen atoms in total. The summed E-state index contributed by atoms with van der Waals surface area (Å²) in [5, 5.41) is 14.1. The Morgan fingerprint density at radius 1 is 1.12 bits per heavy atom. The van der Waals surface area contributed by atoms with E-state index in [0.717, 1.165) is 35.1 Å². The molecular weight excluding hydrogens is 400 g/mol. The summed E-state index contributed by atoms with van der Waals surface area (Å²) in [5.74, 6) is 1.32.